The highest BCUT2D eigenvalue weighted by Crippen LogP contribution is 2.40. The lowest BCUT2D eigenvalue weighted by Crippen LogP contribution is -2.50. The summed E-state index contributed by atoms with van der Waals surface area (Å²) in [5.74, 6) is -1.73. The van der Waals surface area contributed by atoms with Crippen molar-refractivity contribution < 1.29 is 23.9 Å². The van der Waals surface area contributed by atoms with Gasteiger partial charge in [-0.1, -0.05) is 32.9 Å². The number of carbonyl (C=O) groups excluding carboxylic acids is 4. The number of anilines is 1. The molecule has 8 heteroatoms. The summed E-state index contributed by atoms with van der Waals surface area (Å²) < 4.78 is 5.28. The van der Waals surface area contributed by atoms with Crippen molar-refractivity contribution >= 4 is 40.0 Å². The molecule has 2 heterocycles. The first-order chi connectivity index (χ1) is 15.7. The second-order valence-electron chi connectivity index (χ2n) is 8.98. The number of fused-ring (bicyclic) bond motifs is 2. The molecule has 1 aromatic heterocycles. The molecule has 0 saturated heterocycles. The SMILES string of the molecule is CCOC(=O)c1c(NC(=O)[C@@H](C(C)C)N2C(=O)c3ccccc3C2=O)sc2c1CC[C@H](C)C2. The molecule has 1 aromatic carbocycles. The molecule has 0 fully saturated rings. The molecule has 2 aliphatic rings. The zero-order valence-electron chi connectivity index (χ0n) is 19.3. The molecule has 2 atom stereocenters. The Bertz CT molecular complexity index is 1100. The first-order valence-corrected chi connectivity index (χ1v) is 12.2. The lowest BCUT2D eigenvalue weighted by molar-refractivity contribution is -0.121. The molecule has 0 spiro atoms. The van der Waals surface area contributed by atoms with Crippen LogP contribution >= 0.6 is 11.3 Å². The monoisotopic (exact) mass is 468 g/mol. The van der Waals surface area contributed by atoms with E-state index < -0.39 is 29.7 Å². The van der Waals surface area contributed by atoms with Gasteiger partial charge in [-0.2, -0.15) is 0 Å². The number of benzene rings is 1. The summed E-state index contributed by atoms with van der Waals surface area (Å²) in [6, 6.07) is 5.57. The van der Waals surface area contributed by atoms with Crippen LogP contribution in [0.25, 0.3) is 0 Å². The average molecular weight is 469 g/mol. The van der Waals surface area contributed by atoms with E-state index in [4.69, 9.17) is 4.74 Å². The van der Waals surface area contributed by atoms with Crippen LogP contribution in [0.5, 0.6) is 0 Å². The molecule has 0 bridgehead atoms. The minimum absolute atomic E-state index is 0.233. The fraction of sp³-hybridized carbons (Fsp3) is 0.440. The Morgan fingerprint density at radius 3 is 2.39 bits per heavy atom. The fourth-order valence-electron chi connectivity index (χ4n) is 4.62. The third-order valence-electron chi connectivity index (χ3n) is 6.23. The minimum atomic E-state index is -1.01. The first kappa shape index (κ1) is 23.2. The second-order valence-corrected chi connectivity index (χ2v) is 10.1. The lowest BCUT2D eigenvalue weighted by Gasteiger charge is -2.28. The summed E-state index contributed by atoms with van der Waals surface area (Å²) in [5.41, 5.74) is 1.94. The van der Waals surface area contributed by atoms with Crippen molar-refractivity contribution in [1.82, 2.24) is 4.90 Å². The second kappa shape index (κ2) is 9.09. The summed E-state index contributed by atoms with van der Waals surface area (Å²) in [6.07, 6.45) is 2.56. The molecule has 174 valence electrons. The summed E-state index contributed by atoms with van der Waals surface area (Å²) in [7, 11) is 0. The number of hydrogen-bond acceptors (Lipinski definition) is 6. The zero-order valence-corrected chi connectivity index (χ0v) is 20.1. The van der Waals surface area contributed by atoms with Crippen molar-refractivity contribution in [3.05, 3.63) is 51.4 Å². The van der Waals surface area contributed by atoms with Gasteiger partial charge in [-0.25, -0.2) is 4.79 Å². The number of thiophene rings is 1. The van der Waals surface area contributed by atoms with Crippen LogP contribution in [0.2, 0.25) is 0 Å². The van der Waals surface area contributed by atoms with Gasteiger partial charge in [-0.15, -0.1) is 11.3 Å². The highest BCUT2D eigenvalue weighted by molar-refractivity contribution is 7.17. The van der Waals surface area contributed by atoms with Crippen LogP contribution in [0.4, 0.5) is 5.00 Å². The van der Waals surface area contributed by atoms with Crippen LogP contribution in [0.1, 0.15) is 75.6 Å². The van der Waals surface area contributed by atoms with E-state index in [1.807, 2.05) is 0 Å². The smallest absolute Gasteiger partial charge is 0.341 e. The topological polar surface area (TPSA) is 92.8 Å². The molecule has 0 saturated carbocycles. The number of nitrogens with one attached hydrogen (secondary N) is 1. The van der Waals surface area contributed by atoms with Gasteiger partial charge in [0, 0.05) is 4.88 Å². The maximum atomic E-state index is 13.5. The Kier molecular flexibility index (Phi) is 6.38. The third-order valence-corrected chi connectivity index (χ3v) is 7.40. The van der Waals surface area contributed by atoms with Gasteiger partial charge < -0.3 is 10.1 Å². The van der Waals surface area contributed by atoms with Crippen LogP contribution in [-0.4, -0.2) is 41.2 Å². The molecular formula is C25H28N2O5S. The number of hydrogen-bond donors (Lipinski definition) is 1. The molecular weight excluding hydrogens is 440 g/mol. The van der Waals surface area contributed by atoms with Crippen molar-refractivity contribution in [1.29, 1.82) is 0 Å². The first-order valence-electron chi connectivity index (χ1n) is 11.3. The molecule has 7 nitrogen and oxygen atoms in total. The van der Waals surface area contributed by atoms with E-state index in [0.717, 1.165) is 34.6 Å². The van der Waals surface area contributed by atoms with Gasteiger partial charge in [0.2, 0.25) is 5.91 Å². The van der Waals surface area contributed by atoms with Crippen molar-refractivity contribution in [2.24, 2.45) is 11.8 Å². The highest BCUT2D eigenvalue weighted by Gasteiger charge is 2.44. The van der Waals surface area contributed by atoms with Gasteiger partial charge in [-0.3, -0.25) is 19.3 Å². The maximum absolute atomic E-state index is 13.5. The third kappa shape index (κ3) is 4.08. The zero-order chi connectivity index (χ0) is 23.9. The maximum Gasteiger partial charge on any atom is 0.341 e. The summed E-state index contributed by atoms with van der Waals surface area (Å²) in [5, 5.41) is 3.31. The molecule has 2 aromatic rings. The van der Waals surface area contributed by atoms with E-state index in [0.29, 0.717) is 27.6 Å². The summed E-state index contributed by atoms with van der Waals surface area (Å²) >= 11 is 1.39. The highest BCUT2D eigenvalue weighted by atomic mass is 32.1. The Balaban J connectivity index is 1.67. The standard InChI is InChI=1S/C25H28N2O5S/c1-5-32-25(31)19-17-11-10-14(4)12-18(17)33-22(19)26-21(28)20(13(2)3)27-23(29)15-8-6-7-9-16(15)24(27)30/h6-9,13-14,20H,5,10-12H2,1-4H3,(H,26,28)/t14-,20+/m0/s1. The van der Waals surface area contributed by atoms with Gasteiger partial charge in [0.15, 0.2) is 0 Å². The van der Waals surface area contributed by atoms with Gasteiger partial charge >= 0.3 is 5.97 Å². The molecule has 33 heavy (non-hydrogen) atoms. The van der Waals surface area contributed by atoms with E-state index in [1.54, 1.807) is 45.0 Å². The molecule has 1 N–H and O–H groups in total. The van der Waals surface area contributed by atoms with Crippen LogP contribution in [0.15, 0.2) is 24.3 Å². The predicted octanol–water partition coefficient (Wildman–Crippen LogP) is 4.31. The molecule has 1 aliphatic heterocycles. The number of ether oxygens (including phenoxy) is 1. The molecule has 4 rings (SSSR count). The van der Waals surface area contributed by atoms with Crippen LogP contribution in [-0.2, 0) is 22.4 Å². The number of amides is 3. The fourth-order valence-corrected chi connectivity index (χ4v) is 6.02. The summed E-state index contributed by atoms with van der Waals surface area (Å²) in [4.78, 5) is 54.4. The van der Waals surface area contributed by atoms with Crippen molar-refractivity contribution in [3.8, 4) is 0 Å². The van der Waals surface area contributed by atoms with Crippen molar-refractivity contribution in [2.75, 3.05) is 11.9 Å². The van der Waals surface area contributed by atoms with Crippen LogP contribution < -0.4 is 5.32 Å². The van der Waals surface area contributed by atoms with Gasteiger partial charge in [0.25, 0.3) is 11.8 Å². The Morgan fingerprint density at radius 1 is 1.18 bits per heavy atom. The Hall–Kier alpha value is -3.00. The lowest BCUT2D eigenvalue weighted by atomic mass is 9.88. The van der Waals surface area contributed by atoms with E-state index in [1.165, 1.54) is 11.3 Å². The molecule has 1 aliphatic carbocycles. The largest absolute Gasteiger partial charge is 0.462 e. The number of rotatable bonds is 6. The van der Waals surface area contributed by atoms with Crippen molar-refractivity contribution in [2.45, 2.75) is 53.0 Å². The van der Waals surface area contributed by atoms with E-state index >= 15 is 0 Å². The average Bonchev–Trinajstić information content (AvgIpc) is 3.23. The van der Waals surface area contributed by atoms with Crippen LogP contribution in [0.3, 0.4) is 0 Å². The van der Waals surface area contributed by atoms with Crippen molar-refractivity contribution in [3.63, 3.8) is 0 Å². The van der Waals surface area contributed by atoms with E-state index in [2.05, 4.69) is 12.2 Å². The number of nitrogens with zero attached hydrogens (tertiary/aromatic N) is 1. The van der Waals surface area contributed by atoms with E-state index in [9.17, 15) is 19.2 Å². The summed E-state index contributed by atoms with van der Waals surface area (Å²) in [6.45, 7) is 7.73. The number of esters is 1. The molecule has 0 unspecified atom stereocenters. The predicted molar refractivity (Wildman–Crippen MR) is 126 cm³/mol. The van der Waals surface area contributed by atoms with E-state index in [-0.39, 0.29) is 12.5 Å². The Labute approximate surface area is 197 Å². The quantitative estimate of drug-likeness (QED) is 0.504. The van der Waals surface area contributed by atoms with Gasteiger partial charge in [0.1, 0.15) is 11.0 Å². The normalized spacial score (nSPS) is 18.2. The molecule has 3 amide bonds. The van der Waals surface area contributed by atoms with Crippen LogP contribution in [0, 0.1) is 11.8 Å². The number of carbonyl (C=O) groups is 4. The Morgan fingerprint density at radius 2 is 1.82 bits per heavy atom. The van der Waals surface area contributed by atoms with Gasteiger partial charge in [-0.05, 0) is 55.7 Å². The van der Waals surface area contributed by atoms with Gasteiger partial charge in [0.05, 0.1) is 23.3 Å². The molecule has 0 radical (unpaired) electrons. The minimum Gasteiger partial charge on any atom is -0.462 e. The number of imide groups is 1.